The molecule has 4 nitrogen and oxygen atoms in total. The van der Waals surface area contributed by atoms with E-state index in [1.54, 1.807) is 18.3 Å². The number of primary amides is 1. The monoisotopic (exact) mass is 277 g/mol. The van der Waals surface area contributed by atoms with Crippen LogP contribution in [-0.2, 0) is 6.42 Å². The van der Waals surface area contributed by atoms with Gasteiger partial charge in [-0.3, -0.25) is 14.8 Å². The summed E-state index contributed by atoms with van der Waals surface area (Å²) in [7, 11) is 0. The van der Waals surface area contributed by atoms with Gasteiger partial charge in [0.25, 0.3) is 5.91 Å². The summed E-state index contributed by atoms with van der Waals surface area (Å²) in [4.78, 5) is 20.2. The first-order chi connectivity index (χ1) is 10.1. The summed E-state index contributed by atoms with van der Waals surface area (Å²) in [5.74, 6) is -0.448. The van der Waals surface area contributed by atoms with Crippen molar-refractivity contribution < 1.29 is 4.79 Å². The maximum Gasteiger partial charge on any atom is 0.250 e. The van der Waals surface area contributed by atoms with Gasteiger partial charge in [0.05, 0.1) is 16.8 Å². The van der Waals surface area contributed by atoms with Crippen LogP contribution in [0.25, 0.3) is 10.9 Å². The maximum absolute atomic E-state index is 11.4. The second kappa shape index (κ2) is 5.32. The summed E-state index contributed by atoms with van der Waals surface area (Å²) >= 11 is 0. The normalized spacial score (nSPS) is 10.7. The molecule has 0 radical (unpaired) electrons. The van der Waals surface area contributed by atoms with E-state index in [9.17, 15) is 4.79 Å². The molecule has 2 N–H and O–H groups in total. The van der Waals surface area contributed by atoms with Gasteiger partial charge in [-0.15, -0.1) is 0 Å². The quantitative estimate of drug-likeness (QED) is 0.800. The lowest BCUT2D eigenvalue weighted by Crippen LogP contribution is -2.14. The van der Waals surface area contributed by atoms with Gasteiger partial charge in [0.15, 0.2) is 0 Å². The minimum atomic E-state index is -0.448. The van der Waals surface area contributed by atoms with Crippen LogP contribution in [0.2, 0.25) is 0 Å². The lowest BCUT2D eigenvalue weighted by molar-refractivity contribution is 0.0999. The Bertz CT molecular complexity index is 827. The zero-order valence-electron chi connectivity index (χ0n) is 11.7. The number of nitrogens with two attached hydrogens (primary N) is 1. The van der Waals surface area contributed by atoms with Gasteiger partial charge in [-0.1, -0.05) is 12.1 Å². The summed E-state index contributed by atoms with van der Waals surface area (Å²) in [6.45, 7) is 1.97. The fourth-order valence-corrected chi connectivity index (χ4v) is 2.38. The molecule has 1 aromatic carbocycles. The van der Waals surface area contributed by atoms with E-state index in [0.717, 1.165) is 22.2 Å². The zero-order chi connectivity index (χ0) is 14.8. The van der Waals surface area contributed by atoms with Crippen LogP contribution in [0.15, 0.2) is 48.7 Å². The van der Waals surface area contributed by atoms with Crippen LogP contribution in [0.5, 0.6) is 0 Å². The molecule has 0 spiro atoms. The first-order valence-electron chi connectivity index (χ1n) is 6.73. The third kappa shape index (κ3) is 2.74. The minimum Gasteiger partial charge on any atom is -0.366 e. The number of nitrogens with zero attached hydrogens (tertiary/aromatic N) is 2. The van der Waals surface area contributed by atoms with E-state index in [1.165, 1.54) is 0 Å². The molecule has 0 aliphatic rings. The lowest BCUT2D eigenvalue weighted by atomic mass is 10.0. The van der Waals surface area contributed by atoms with E-state index in [4.69, 9.17) is 5.73 Å². The molecule has 0 bridgehead atoms. The van der Waals surface area contributed by atoms with Gasteiger partial charge in [-0.05, 0) is 42.8 Å². The van der Waals surface area contributed by atoms with Crippen molar-refractivity contribution in [3.8, 4) is 0 Å². The molecule has 0 atom stereocenters. The van der Waals surface area contributed by atoms with E-state index < -0.39 is 5.91 Å². The molecule has 0 saturated heterocycles. The molecule has 3 aromatic rings. The fourth-order valence-electron chi connectivity index (χ4n) is 2.38. The highest BCUT2D eigenvalue weighted by Crippen LogP contribution is 2.18. The molecule has 4 heteroatoms. The van der Waals surface area contributed by atoms with E-state index >= 15 is 0 Å². The SMILES string of the molecule is Cc1ccc2cc(Cc3ncccc3C(N)=O)ccc2n1. The second-order valence-electron chi connectivity index (χ2n) is 5.02. The largest absolute Gasteiger partial charge is 0.366 e. The number of aryl methyl sites for hydroxylation is 1. The highest BCUT2D eigenvalue weighted by molar-refractivity contribution is 5.94. The highest BCUT2D eigenvalue weighted by atomic mass is 16.1. The van der Waals surface area contributed by atoms with Crippen molar-refractivity contribution in [2.45, 2.75) is 13.3 Å². The van der Waals surface area contributed by atoms with Crippen molar-refractivity contribution in [2.24, 2.45) is 5.73 Å². The number of carbonyl (C=O) groups excluding carboxylic acids is 1. The average Bonchev–Trinajstić information content (AvgIpc) is 2.48. The van der Waals surface area contributed by atoms with E-state index in [2.05, 4.69) is 22.1 Å². The van der Waals surface area contributed by atoms with Gasteiger partial charge in [-0.2, -0.15) is 0 Å². The van der Waals surface area contributed by atoms with Crippen molar-refractivity contribution in [3.05, 3.63) is 71.2 Å². The Morgan fingerprint density at radius 2 is 2.05 bits per heavy atom. The number of amides is 1. The Morgan fingerprint density at radius 3 is 2.86 bits per heavy atom. The Labute approximate surface area is 122 Å². The zero-order valence-corrected chi connectivity index (χ0v) is 11.7. The smallest absolute Gasteiger partial charge is 0.250 e. The Hall–Kier alpha value is -2.75. The van der Waals surface area contributed by atoms with Crippen LogP contribution in [-0.4, -0.2) is 15.9 Å². The first kappa shape index (κ1) is 13.2. The standard InChI is InChI=1S/C17H15N3O/c1-11-4-6-13-9-12(5-7-15(13)20-11)10-16-14(17(18)21)3-2-8-19-16/h2-9H,10H2,1H3,(H2,18,21). The molecule has 21 heavy (non-hydrogen) atoms. The van der Waals surface area contributed by atoms with Gasteiger partial charge in [0.2, 0.25) is 0 Å². The average molecular weight is 277 g/mol. The molecule has 1 amide bonds. The van der Waals surface area contributed by atoms with Crippen LogP contribution in [0.4, 0.5) is 0 Å². The van der Waals surface area contributed by atoms with E-state index in [-0.39, 0.29) is 0 Å². The molecule has 3 rings (SSSR count). The van der Waals surface area contributed by atoms with Crippen LogP contribution >= 0.6 is 0 Å². The minimum absolute atomic E-state index is 0.448. The topological polar surface area (TPSA) is 68.9 Å². The van der Waals surface area contributed by atoms with E-state index in [1.807, 2.05) is 25.1 Å². The summed E-state index contributed by atoms with van der Waals surface area (Å²) in [6, 6.07) is 13.5. The predicted molar refractivity (Wildman–Crippen MR) is 82.0 cm³/mol. The number of aromatic nitrogens is 2. The van der Waals surface area contributed by atoms with E-state index in [0.29, 0.717) is 17.7 Å². The number of pyridine rings is 2. The molecule has 0 aliphatic heterocycles. The molecule has 2 heterocycles. The molecule has 104 valence electrons. The summed E-state index contributed by atoms with van der Waals surface area (Å²) in [5.41, 5.74) is 9.60. The van der Waals surface area contributed by atoms with Crippen LogP contribution in [0.3, 0.4) is 0 Å². The second-order valence-corrected chi connectivity index (χ2v) is 5.02. The first-order valence-corrected chi connectivity index (χ1v) is 6.73. The summed E-state index contributed by atoms with van der Waals surface area (Å²) in [6.07, 6.45) is 2.25. The molecule has 0 unspecified atom stereocenters. The Kier molecular flexibility index (Phi) is 3.36. The highest BCUT2D eigenvalue weighted by Gasteiger charge is 2.09. The molecule has 0 aliphatic carbocycles. The maximum atomic E-state index is 11.4. The van der Waals surface area contributed by atoms with Gasteiger partial charge in [0.1, 0.15) is 0 Å². The van der Waals surface area contributed by atoms with Crippen LogP contribution in [0.1, 0.15) is 27.3 Å². The Balaban J connectivity index is 1.99. The third-order valence-electron chi connectivity index (χ3n) is 3.42. The number of benzene rings is 1. The van der Waals surface area contributed by atoms with Gasteiger partial charge < -0.3 is 5.73 Å². The fraction of sp³-hybridized carbons (Fsp3) is 0.118. The van der Waals surface area contributed by atoms with Crippen molar-refractivity contribution in [1.82, 2.24) is 9.97 Å². The summed E-state index contributed by atoms with van der Waals surface area (Å²) in [5, 5.41) is 1.08. The number of rotatable bonds is 3. The van der Waals surface area contributed by atoms with Gasteiger partial charge >= 0.3 is 0 Å². The third-order valence-corrected chi connectivity index (χ3v) is 3.42. The number of carbonyl (C=O) groups is 1. The summed E-state index contributed by atoms with van der Waals surface area (Å²) < 4.78 is 0. The van der Waals surface area contributed by atoms with Gasteiger partial charge in [-0.25, -0.2) is 0 Å². The van der Waals surface area contributed by atoms with Crippen molar-refractivity contribution in [3.63, 3.8) is 0 Å². The molecule has 2 aromatic heterocycles. The molecule has 0 fully saturated rings. The Morgan fingerprint density at radius 1 is 1.19 bits per heavy atom. The lowest BCUT2D eigenvalue weighted by Gasteiger charge is -2.07. The van der Waals surface area contributed by atoms with Crippen LogP contribution < -0.4 is 5.73 Å². The van der Waals surface area contributed by atoms with Crippen LogP contribution in [0, 0.1) is 6.92 Å². The number of hydrogen-bond acceptors (Lipinski definition) is 3. The number of fused-ring (bicyclic) bond motifs is 1. The number of hydrogen-bond donors (Lipinski definition) is 1. The van der Waals surface area contributed by atoms with Crippen molar-refractivity contribution in [1.29, 1.82) is 0 Å². The molecule has 0 saturated carbocycles. The van der Waals surface area contributed by atoms with Gasteiger partial charge in [0, 0.05) is 23.7 Å². The predicted octanol–water partition coefficient (Wildman–Crippen LogP) is 2.63. The molecular weight excluding hydrogens is 262 g/mol. The van der Waals surface area contributed by atoms with Crippen molar-refractivity contribution >= 4 is 16.8 Å². The van der Waals surface area contributed by atoms with Crippen molar-refractivity contribution in [2.75, 3.05) is 0 Å². The molecular formula is C17H15N3O.